The van der Waals surface area contributed by atoms with Crippen LogP contribution >= 0.6 is 0 Å². The molecule has 0 unspecified atom stereocenters. The van der Waals surface area contributed by atoms with Crippen molar-refractivity contribution in [2.24, 2.45) is 0 Å². The zero-order chi connectivity index (χ0) is 14.5. The van der Waals surface area contributed by atoms with Gasteiger partial charge in [0, 0.05) is 20.6 Å². The average molecular weight is 284 g/mol. The van der Waals surface area contributed by atoms with Crippen molar-refractivity contribution in [3.8, 4) is 0 Å². The van der Waals surface area contributed by atoms with Crippen LogP contribution in [0.1, 0.15) is 31.4 Å². The molecular formula is C14H24N2O2S. The summed E-state index contributed by atoms with van der Waals surface area (Å²) in [5.41, 5.74) is 1.87. The molecular weight excluding hydrogens is 260 g/mol. The van der Waals surface area contributed by atoms with E-state index >= 15 is 0 Å². The first kappa shape index (κ1) is 16.1. The predicted octanol–water partition coefficient (Wildman–Crippen LogP) is 2.00. The lowest BCUT2D eigenvalue weighted by molar-refractivity contribution is 0.519. The van der Waals surface area contributed by atoms with Crippen molar-refractivity contribution in [1.82, 2.24) is 9.62 Å². The fourth-order valence-electron chi connectivity index (χ4n) is 1.85. The van der Waals surface area contributed by atoms with Crippen LogP contribution in [-0.2, 0) is 23.0 Å². The van der Waals surface area contributed by atoms with Crippen molar-refractivity contribution in [3.05, 3.63) is 29.3 Å². The molecule has 108 valence electrons. The second kappa shape index (κ2) is 7.03. The summed E-state index contributed by atoms with van der Waals surface area (Å²) in [5, 5.41) is 3.29. The van der Waals surface area contributed by atoms with Crippen LogP contribution in [0.2, 0.25) is 0 Å². The minimum absolute atomic E-state index is 0.427. The molecule has 0 radical (unpaired) electrons. The zero-order valence-electron chi connectivity index (χ0n) is 12.2. The Morgan fingerprint density at radius 2 is 1.89 bits per heavy atom. The van der Waals surface area contributed by atoms with Gasteiger partial charge in [-0.3, -0.25) is 0 Å². The number of nitrogens with one attached hydrogen (secondary N) is 1. The summed E-state index contributed by atoms with van der Waals surface area (Å²) in [6.07, 6.45) is 1.78. The molecule has 1 rings (SSSR count). The molecule has 19 heavy (non-hydrogen) atoms. The van der Waals surface area contributed by atoms with Gasteiger partial charge < -0.3 is 5.32 Å². The van der Waals surface area contributed by atoms with Crippen molar-refractivity contribution in [3.63, 3.8) is 0 Å². The predicted molar refractivity (Wildman–Crippen MR) is 78.7 cm³/mol. The van der Waals surface area contributed by atoms with Crippen LogP contribution in [0, 0.1) is 0 Å². The lowest BCUT2D eigenvalue weighted by Crippen LogP contribution is -2.24. The monoisotopic (exact) mass is 284 g/mol. The van der Waals surface area contributed by atoms with Crippen molar-refractivity contribution in [2.75, 3.05) is 20.6 Å². The minimum Gasteiger partial charge on any atom is -0.313 e. The normalized spacial score (nSPS) is 12.1. The Labute approximate surface area is 116 Å². The number of sulfonamides is 1. The quantitative estimate of drug-likeness (QED) is 0.779. The van der Waals surface area contributed by atoms with Gasteiger partial charge in [-0.1, -0.05) is 26.0 Å². The van der Waals surface area contributed by atoms with Gasteiger partial charge in [0.2, 0.25) is 10.0 Å². The summed E-state index contributed by atoms with van der Waals surface area (Å²) >= 11 is 0. The van der Waals surface area contributed by atoms with E-state index in [-0.39, 0.29) is 0 Å². The van der Waals surface area contributed by atoms with Gasteiger partial charge in [0.1, 0.15) is 0 Å². The highest BCUT2D eigenvalue weighted by atomic mass is 32.2. The van der Waals surface area contributed by atoms with Crippen LogP contribution in [0.25, 0.3) is 0 Å². The number of hydrogen-bond donors (Lipinski definition) is 1. The molecule has 0 atom stereocenters. The van der Waals surface area contributed by atoms with Crippen LogP contribution in [0.3, 0.4) is 0 Å². The van der Waals surface area contributed by atoms with Crippen molar-refractivity contribution in [2.45, 2.75) is 38.1 Å². The van der Waals surface area contributed by atoms with E-state index in [1.807, 2.05) is 19.1 Å². The Morgan fingerprint density at radius 3 is 2.42 bits per heavy atom. The largest absolute Gasteiger partial charge is 0.313 e. The van der Waals surface area contributed by atoms with E-state index in [4.69, 9.17) is 0 Å². The molecule has 1 aromatic carbocycles. The summed E-state index contributed by atoms with van der Waals surface area (Å²) in [6.45, 7) is 5.72. The van der Waals surface area contributed by atoms with Crippen LogP contribution in [0.15, 0.2) is 23.1 Å². The molecule has 0 heterocycles. The van der Waals surface area contributed by atoms with E-state index in [1.54, 1.807) is 20.2 Å². The van der Waals surface area contributed by atoms with Gasteiger partial charge in [0.15, 0.2) is 0 Å². The molecule has 0 aliphatic carbocycles. The Bertz CT molecular complexity index is 510. The number of hydrogen-bond acceptors (Lipinski definition) is 3. The van der Waals surface area contributed by atoms with Gasteiger partial charge in [-0.2, -0.15) is 0 Å². The molecule has 0 aliphatic rings. The standard InChI is InChI=1S/C14H24N2O2S/c1-5-9-15-11-12-7-8-13(6-2)14(10-12)19(17,18)16(3)4/h7-8,10,15H,5-6,9,11H2,1-4H3. The molecule has 0 bridgehead atoms. The van der Waals surface area contributed by atoms with Gasteiger partial charge in [-0.05, 0) is 36.6 Å². The number of rotatable bonds is 7. The highest BCUT2D eigenvalue weighted by Gasteiger charge is 2.20. The van der Waals surface area contributed by atoms with E-state index in [0.717, 1.165) is 24.1 Å². The molecule has 0 amide bonds. The van der Waals surface area contributed by atoms with E-state index in [0.29, 0.717) is 17.9 Å². The van der Waals surface area contributed by atoms with Gasteiger partial charge in [-0.15, -0.1) is 0 Å². The van der Waals surface area contributed by atoms with E-state index in [1.165, 1.54) is 4.31 Å². The Morgan fingerprint density at radius 1 is 1.21 bits per heavy atom. The lowest BCUT2D eigenvalue weighted by Gasteiger charge is -2.16. The third-order valence-corrected chi connectivity index (χ3v) is 4.92. The molecule has 0 saturated carbocycles. The Balaban J connectivity index is 3.10. The van der Waals surface area contributed by atoms with Crippen LogP contribution < -0.4 is 5.32 Å². The van der Waals surface area contributed by atoms with Crippen molar-refractivity contribution < 1.29 is 8.42 Å². The van der Waals surface area contributed by atoms with Gasteiger partial charge in [0.25, 0.3) is 0 Å². The molecule has 0 aromatic heterocycles. The summed E-state index contributed by atoms with van der Waals surface area (Å²) < 4.78 is 25.9. The second-order valence-electron chi connectivity index (χ2n) is 4.76. The summed E-state index contributed by atoms with van der Waals surface area (Å²) in [7, 11) is -0.235. The molecule has 0 aliphatic heterocycles. The number of benzene rings is 1. The number of aryl methyl sites for hydroxylation is 1. The van der Waals surface area contributed by atoms with Crippen LogP contribution in [0.5, 0.6) is 0 Å². The van der Waals surface area contributed by atoms with Gasteiger partial charge in [0.05, 0.1) is 4.90 Å². The first-order chi connectivity index (χ1) is 8.93. The summed E-state index contributed by atoms with van der Waals surface area (Å²) in [5.74, 6) is 0. The average Bonchev–Trinajstić information content (AvgIpc) is 2.38. The highest BCUT2D eigenvalue weighted by molar-refractivity contribution is 7.89. The molecule has 1 aromatic rings. The van der Waals surface area contributed by atoms with Crippen LogP contribution in [-0.4, -0.2) is 33.4 Å². The molecule has 4 nitrogen and oxygen atoms in total. The highest BCUT2D eigenvalue weighted by Crippen LogP contribution is 2.21. The number of nitrogens with zero attached hydrogens (tertiary/aromatic N) is 1. The second-order valence-corrected chi connectivity index (χ2v) is 6.88. The first-order valence-corrected chi connectivity index (χ1v) is 8.12. The van der Waals surface area contributed by atoms with Crippen molar-refractivity contribution >= 4 is 10.0 Å². The summed E-state index contributed by atoms with van der Waals surface area (Å²) in [4.78, 5) is 0.427. The fraction of sp³-hybridized carbons (Fsp3) is 0.571. The van der Waals surface area contributed by atoms with Crippen molar-refractivity contribution in [1.29, 1.82) is 0 Å². The maximum absolute atomic E-state index is 12.3. The molecule has 0 spiro atoms. The third-order valence-electron chi connectivity index (χ3n) is 3.03. The molecule has 1 N–H and O–H groups in total. The Hall–Kier alpha value is -0.910. The Kier molecular flexibility index (Phi) is 5.97. The fourth-order valence-corrected chi connectivity index (χ4v) is 3.08. The smallest absolute Gasteiger partial charge is 0.242 e. The summed E-state index contributed by atoms with van der Waals surface area (Å²) in [6, 6.07) is 5.70. The topological polar surface area (TPSA) is 49.4 Å². The third kappa shape index (κ3) is 4.03. The maximum atomic E-state index is 12.3. The molecule has 5 heteroatoms. The minimum atomic E-state index is -3.37. The zero-order valence-corrected chi connectivity index (χ0v) is 13.0. The van der Waals surface area contributed by atoms with Gasteiger partial charge >= 0.3 is 0 Å². The van der Waals surface area contributed by atoms with Gasteiger partial charge in [-0.25, -0.2) is 12.7 Å². The lowest BCUT2D eigenvalue weighted by atomic mass is 10.1. The first-order valence-electron chi connectivity index (χ1n) is 6.68. The maximum Gasteiger partial charge on any atom is 0.242 e. The van der Waals surface area contributed by atoms with E-state index < -0.39 is 10.0 Å². The van der Waals surface area contributed by atoms with E-state index in [2.05, 4.69) is 12.2 Å². The van der Waals surface area contributed by atoms with Crippen LogP contribution in [0.4, 0.5) is 0 Å². The molecule has 0 saturated heterocycles. The van der Waals surface area contributed by atoms with E-state index in [9.17, 15) is 8.42 Å². The molecule has 0 fully saturated rings. The SMILES string of the molecule is CCCNCc1ccc(CC)c(S(=O)(=O)N(C)C)c1.